The highest BCUT2D eigenvalue weighted by Gasteiger charge is 2.15. The average molecular weight is 379 g/mol. The van der Waals surface area contributed by atoms with Gasteiger partial charge in [-0.2, -0.15) is 4.98 Å². The van der Waals surface area contributed by atoms with Gasteiger partial charge in [0.1, 0.15) is 11.5 Å². The third-order valence-electron chi connectivity index (χ3n) is 5.18. The lowest BCUT2D eigenvalue weighted by atomic mass is 10.2. The molecule has 1 aliphatic heterocycles. The Kier molecular flexibility index (Phi) is 4.95. The number of likely N-dealkylation sites (N-methyl/N-ethyl adjacent to an activating group) is 1. The molecule has 1 N–H and O–H groups in total. The zero-order valence-corrected chi connectivity index (χ0v) is 16.5. The van der Waals surface area contributed by atoms with Crippen LogP contribution in [0.1, 0.15) is 12.6 Å². The third kappa shape index (κ3) is 3.55. The minimum Gasteiger partial charge on any atom is -0.354 e. The zero-order valence-electron chi connectivity index (χ0n) is 16.5. The maximum absolute atomic E-state index is 12.1. The maximum atomic E-state index is 12.1. The van der Waals surface area contributed by atoms with Gasteiger partial charge in [-0.15, -0.1) is 0 Å². The van der Waals surface area contributed by atoms with Crippen molar-refractivity contribution in [2.75, 3.05) is 43.4 Å². The molecule has 8 heteroatoms. The summed E-state index contributed by atoms with van der Waals surface area (Å²) in [6.45, 7) is 8.49. The van der Waals surface area contributed by atoms with E-state index >= 15 is 0 Å². The molecule has 1 aliphatic rings. The van der Waals surface area contributed by atoms with Crippen LogP contribution in [-0.4, -0.2) is 57.6 Å². The largest absolute Gasteiger partial charge is 0.354 e. The number of nitrogens with zero attached hydrogens (tertiary/aromatic N) is 6. The first kappa shape index (κ1) is 18.4. The summed E-state index contributed by atoms with van der Waals surface area (Å²) in [7, 11) is 2.14. The van der Waals surface area contributed by atoms with Gasteiger partial charge in [0.05, 0.1) is 17.6 Å². The lowest BCUT2D eigenvalue weighted by Gasteiger charge is -2.33. The fraction of sp³-hybridized carbons (Fsp3) is 0.400. The van der Waals surface area contributed by atoms with Crippen LogP contribution in [0.25, 0.3) is 11.0 Å². The number of nitrogens with one attached hydrogen (secondary N) is 1. The summed E-state index contributed by atoms with van der Waals surface area (Å²) in [5, 5.41) is 4.10. The van der Waals surface area contributed by atoms with E-state index < -0.39 is 0 Å². The molecule has 0 amide bonds. The number of hydrogen-bond acceptors (Lipinski definition) is 7. The minimum absolute atomic E-state index is 0.0581. The second-order valence-corrected chi connectivity index (χ2v) is 7.11. The number of hydrogen-bond donors (Lipinski definition) is 1. The standard InChI is InChI=1S/C20H25N7O/c1-4-27-18(28)8-6-16-14(2)22-20(24-19(16)27)23-15-5-7-17(21-13-15)26-11-9-25(3)10-12-26/h5-8,13H,4,9-12H2,1-3H3,(H,22,23,24). The molecule has 3 aromatic heterocycles. The van der Waals surface area contributed by atoms with Gasteiger partial charge in [0.25, 0.3) is 5.56 Å². The molecule has 28 heavy (non-hydrogen) atoms. The number of anilines is 3. The van der Waals surface area contributed by atoms with Gasteiger partial charge < -0.3 is 15.1 Å². The van der Waals surface area contributed by atoms with E-state index in [2.05, 4.69) is 37.1 Å². The van der Waals surface area contributed by atoms with Crippen molar-refractivity contribution in [3.8, 4) is 0 Å². The minimum atomic E-state index is -0.0581. The lowest BCUT2D eigenvalue weighted by molar-refractivity contribution is 0.312. The molecule has 3 aromatic rings. The van der Waals surface area contributed by atoms with Crippen molar-refractivity contribution < 1.29 is 0 Å². The Morgan fingerprint density at radius 3 is 2.54 bits per heavy atom. The fourth-order valence-corrected chi connectivity index (χ4v) is 3.49. The molecule has 4 heterocycles. The Morgan fingerprint density at radius 1 is 1.07 bits per heavy atom. The quantitative estimate of drug-likeness (QED) is 0.743. The van der Waals surface area contributed by atoms with Gasteiger partial charge in [0, 0.05) is 44.2 Å². The smallest absolute Gasteiger partial charge is 0.252 e. The predicted octanol–water partition coefficient (Wildman–Crippen LogP) is 2.01. The summed E-state index contributed by atoms with van der Waals surface area (Å²) in [5.74, 6) is 1.45. The molecule has 1 fully saturated rings. The molecular weight excluding hydrogens is 354 g/mol. The van der Waals surface area contributed by atoms with Gasteiger partial charge in [-0.05, 0) is 39.1 Å². The summed E-state index contributed by atoms with van der Waals surface area (Å²) in [4.78, 5) is 30.4. The van der Waals surface area contributed by atoms with Crippen molar-refractivity contribution in [3.05, 3.63) is 46.5 Å². The first-order valence-corrected chi connectivity index (χ1v) is 9.60. The van der Waals surface area contributed by atoms with Crippen LogP contribution in [-0.2, 0) is 6.54 Å². The van der Waals surface area contributed by atoms with Gasteiger partial charge in [0.15, 0.2) is 0 Å². The van der Waals surface area contributed by atoms with Crippen molar-refractivity contribution in [2.45, 2.75) is 20.4 Å². The lowest BCUT2D eigenvalue weighted by Crippen LogP contribution is -2.44. The maximum Gasteiger partial charge on any atom is 0.252 e. The molecule has 0 aliphatic carbocycles. The van der Waals surface area contributed by atoms with E-state index in [4.69, 9.17) is 0 Å². The summed E-state index contributed by atoms with van der Waals surface area (Å²) in [6, 6.07) is 7.36. The Bertz CT molecular complexity index is 1040. The van der Waals surface area contributed by atoms with Crippen LogP contribution in [0.3, 0.4) is 0 Å². The summed E-state index contributed by atoms with van der Waals surface area (Å²) in [6.07, 6.45) is 1.80. The normalized spacial score (nSPS) is 15.2. The van der Waals surface area contributed by atoms with Crippen molar-refractivity contribution in [3.63, 3.8) is 0 Å². The molecule has 8 nitrogen and oxygen atoms in total. The topological polar surface area (TPSA) is 79.2 Å². The highest BCUT2D eigenvalue weighted by molar-refractivity contribution is 5.79. The molecule has 0 saturated carbocycles. The van der Waals surface area contributed by atoms with Crippen LogP contribution < -0.4 is 15.8 Å². The SMILES string of the molecule is CCn1c(=O)ccc2c(C)nc(Nc3ccc(N4CCN(C)CC4)nc3)nc21. The number of fused-ring (bicyclic) bond motifs is 1. The highest BCUT2D eigenvalue weighted by Crippen LogP contribution is 2.20. The van der Waals surface area contributed by atoms with Crippen molar-refractivity contribution in [2.24, 2.45) is 0 Å². The molecule has 4 rings (SSSR count). The number of piperazine rings is 1. The Morgan fingerprint density at radius 2 is 1.86 bits per heavy atom. The van der Waals surface area contributed by atoms with Crippen LogP contribution in [0.4, 0.5) is 17.5 Å². The van der Waals surface area contributed by atoms with E-state index in [0.717, 1.165) is 48.8 Å². The molecular formula is C20H25N7O. The van der Waals surface area contributed by atoms with Crippen LogP contribution in [0.5, 0.6) is 0 Å². The van der Waals surface area contributed by atoms with Crippen LogP contribution in [0, 0.1) is 6.92 Å². The van der Waals surface area contributed by atoms with Gasteiger partial charge in [-0.25, -0.2) is 9.97 Å². The number of rotatable bonds is 4. The number of aromatic nitrogens is 4. The molecule has 146 valence electrons. The molecule has 1 saturated heterocycles. The van der Waals surface area contributed by atoms with Crippen LogP contribution in [0.15, 0.2) is 35.3 Å². The van der Waals surface area contributed by atoms with Gasteiger partial charge in [0.2, 0.25) is 5.95 Å². The second kappa shape index (κ2) is 7.55. The Balaban J connectivity index is 1.59. The van der Waals surface area contributed by atoms with E-state index in [0.29, 0.717) is 18.1 Å². The summed E-state index contributed by atoms with van der Waals surface area (Å²) in [5.41, 5.74) is 2.24. The Labute approximate surface area is 163 Å². The van der Waals surface area contributed by atoms with E-state index in [9.17, 15) is 4.79 Å². The predicted molar refractivity (Wildman–Crippen MR) is 111 cm³/mol. The third-order valence-corrected chi connectivity index (χ3v) is 5.18. The highest BCUT2D eigenvalue weighted by atomic mass is 16.1. The molecule has 0 unspecified atom stereocenters. The second-order valence-electron chi connectivity index (χ2n) is 7.11. The van der Waals surface area contributed by atoms with Crippen molar-refractivity contribution in [1.29, 1.82) is 0 Å². The van der Waals surface area contributed by atoms with Crippen molar-refractivity contribution in [1.82, 2.24) is 24.4 Å². The van der Waals surface area contributed by atoms with E-state index in [1.807, 2.05) is 26.0 Å². The molecule has 0 spiro atoms. The van der Waals surface area contributed by atoms with Gasteiger partial charge in [-0.3, -0.25) is 9.36 Å². The first-order chi connectivity index (χ1) is 13.5. The van der Waals surface area contributed by atoms with E-state index in [1.165, 1.54) is 0 Å². The average Bonchev–Trinajstić information content (AvgIpc) is 2.69. The molecule has 0 bridgehead atoms. The Hall–Kier alpha value is -3.00. The van der Waals surface area contributed by atoms with E-state index in [1.54, 1.807) is 22.9 Å². The first-order valence-electron chi connectivity index (χ1n) is 9.60. The number of aryl methyl sites for hydroxylation is 2. The number of pyridine rings is 2. The summed E-state index contributed by atoms with van der Waals surface area (Å²) < 4.78 is 1.66. The molecule has 0 atom stereocenters. The monoisotopic (exact) mass is 379 g/mol. The van der Waals surface area contributed by atoms with E-state index in [-0.39, 0.29) is 5.56 Å². The molecule has 0 radical (unpaired) electrons. The molecule has 0 aromatic carbocycles. The van der Waals surface area contributed by atoms with Crippen LogP contribution in [0.2, 0.25) is 0 Å². The van der Waals surface area contributed by atoms with Crippen LogP contribution >= 0.6 is 0 Å². The fourth-order valence-electron chi connectivity index (χ4n) is 3.49. The summed E-state index contributed by atoms with van der Waals surface area (Å²) >= 11 is 0. The van der Waals surface area contributed by atoms with Crippen molar-refractivity contribution >= 4 is 28.5 Å². The van der Waals surface area contributed by atoms with Gasteiger partial charge in [-0.1, -0.05) is 0 Å². The van der Waals surface area contributed by atoms with Gasteiger partial charge >= 0.3 is 0 Å². The zero-order chi connectivity index (χ0) is 19.7.